The smallest absolute Gasteiger partial charge is 0.293 e. The zero-order valence-electron chi connectivity index (χ0n) is 19.1. The first kappa shape index (κ1) is 25.2. The Balaban J connectivity index is 1.53. The molecule has 1 saturated heterocycles. The van der Waals surface area contributed by atoms with Crippen LogP contribution in [0.3, 0.4) is 0 Å². The molecule has 0 aliphatic carbocycles. The van der Waals surface area contributed by atoms with Crippen molar-refractivity contribution < 1.29 is 22.9 Å². The lowest BCUT2D eigenvalue weighted by atomic mass is 10.1. The molecule has 0 saturated carbocycles. The number of nitrogens with zero attached hydrogens (tertiary/aromatic N) is 2. The Bertz CT molecular complexity index is 1180. The van der Waals surface area contributed by atoms with Gasteiger partial charge < -0.3 is 15.5 Å². The summed E-state index contributed by atoms with van der Waals surface area (Å²) < 4.78 is 23.3. The van der Waals surface area contributed by atoms with Crippen LogP contribution in [0.1, 0.15) is 25.3 Å². The number of hydrogen-bond acceptors (Lipinski definition) is 7. The molecule has 182 valence electrons. The summed E-state index contributed by atoms with van der Waals surface area (Å²) in [4.78, 5) is 37.1. The summed E-state index contributed by atoms with van der Waals surface area (Å²) in [5, 5.41) is 16.9. The van der Waals surface area contributed by atoms with Crippen LogP contribution in [0.15, 0.2) is 47.4 Å². The number of nitro benzene ring substituents is 1. The van der Waals surface area contributed by atoms with Crippen LogP contribution in [0.5, 0.6) is 0 Å². The van der Waals surface area contributed by atoms with E-state index in [9.17, 15) is 28.1 Å². The Hall–Kier alpha value is -3.47. The third-order valence-electron chi connectivity index (χ3n) is 5.62. The van der Waals surface area contributed by atoms with Gasteiger partial charge in [0.05, 0.1) is 15.7 Å². The molecule has 2 aromatic rings. The van der Waals surface area contributed by atoms with Crippen molar-refractivity contribution in [3.8, 4) is 0 Å². The van der Waals surface area contributed by atoms with E-state index in [2.05, 4.69) is 17.6 Å². The zero-order valence-corrected chi connectivity index (χ0v) is 19.9. The van der Waals surface area contributed by atoms with E-state index >= 15 is 0 Å². The van der Waals surface area contributed by atoms with Crippen LogP contribution in [-0.4, -0.2) is 51.0 Å². The number of rotatable bonds is 10. The van der Waals surface area contributed by atoms with Crippen LogP contribution in [-0.2, 0) is 25.8 Å². The van der Waals surface area contributed by atoms with Crippen molar-refractivity contribution in [2.45, 2.75) is 31.1 Å². The molecule has 2 aromatic carbocycles. The van der Waals surface area contributed by atoms with Crippen molar-refractivity contribution in [3.05, 3.63) is 58.1 Å². The van der Waals surface area contributed by atoms with E-state index in [-0.39, 0.29) is 47.6 Å². The number of benzene rings is 2. The van der Waals surface area contributed by atoms with Gasteiger partial charge in [-0.1, -0.05) is 25.5 Å². The van der Waals surface area contributed by atoms with Gasteiger partial charge in [0.2, 0.25) is 11.8 Å². The number of anilines is 2. The molecular formula is C23H28N4O6S. The maximum Gasteiger partial charge on any atom is 0.293 e. The van der Waals surface area contributed by atoms with Crippen molar-refractivity contribution in [3.63, 3.8) is 0 Å². The van der Waals surface area contributed by atoms with Gasteiger partial charge in [-0.25, -0.2) is 8.42 Å². The lowest BCUT2D eigenvalue weighted by Crippen LogP contribution is -2.35. The van der Waals surface area contributed by atoms with Crippen LogP contribution in [0.4, 0.5) is 17.1 Å². The summed E-state index contributed by atoms with van der Waals surface area (Å²) in [7, 11) is -3.58. The van der Waals surface area contributed by atoms with Gasteiger partial charge in [0.15, 0.2) is 9.84 Å². The van der Waals surface area contributed by atoms with Gasteiger partial charge in [0.1, 0.15) is 5.69 Å². The molecule has 1 atom stereocenters. The van der Waals surface area contributed by atoms with E-state index in [1.54, 1.807) is 4.90 Å². The Kier molecular flexibility index (Phi) is 7.87. The molecule has 2 N–H and O–H groups in total. The number of aryl methyl sites for hydroxylation is 1. The largest absolute Gasteiger partial charge is 0.378 e. The lowest BCUT2D eigenvalue weighted by Gasteiger charge is -2.17. The third kappa shape index (κ3) is 6.10. The van der Waals surface area contributed by atoms with Gasteiger partial charge >= 0.3 is 0 Å². The van der Waals surface area contributed by atoms with E-state index in [0.29, 0.717) is 6.54 Å². The molecule has 2 amide bonds. The van der Waals surface area contributed by atoms with E-state index in [4.69, 9.17) is 0 Å². The van der Waals surface area contributed by atoms with Gasteiger partial charge in [-0.3, -0.25) is 19.7 Å². The van der Waals surface area contributed by atoms with E-state index < -0.39 is 20.7 Å². The molecule has 34 heavy (non-hydrogen) atoms. The summed E-state index contributed by atoms with van der Waals surface area (Å²) >= 11 is 0. The first-order valence-electron chi connectivity index (χ1n) is 11.0. The summed E-state index contributed by atoms with van der Waals surface area (Å²) in [6, 6.07) is 11.4. The molecule has 1 aliphatic heterocycles. The fourth-order valence-corrected chi connectivity index (χ4v) is 4.47. The predicted molar refractivity (Wildman–Crippen MR) is 129 cm³/mol. The second-order valence-electron chi connectivity index (χ2n) is 8.25. The zero-order chi connectivity index (χ0) is 24.9. The third-order valence-corrected chi connectivity index (χ3v) is 6.73. The van der Waals surface area contributed by atoms with Crippen LogP contribution in [0.2, 0.25) is 0 Å². The highest BCUT2D eigenvalue weighted by molar-refractivity contribution is 7.90. The first-order chi connectivity index (χ1) is 16.1. The quantitative estimate of drug-likeness (QED) is 0.298. The SMILES string of the molecule is CCCc1ccc(N2CC(C(=O)NCCNc3ccc(S(C)(=O)=O)cc3[N+](=O)[O-])CC2=O)cc1. The van der Waals surface area contributed by atoms with Crippen molar-refractivity contribution in [1.82, 2.24) is 5.32 Å². The van der Waals surface area contributed by atoms with Gasteiger partial charge in [-0.15, -0.1) is 0 Å². The molecule has 1 fully saturated rings. The summed E-state index contributed by atoms with van der Waals surface area (Å²) in [5.41, 5.74) is 1.76. The number of amides is 2. The monoisotopic (exact) mass is 488 g/mol. The molecule has 0 aromatic heterocycles. The molecule has 10 nitrogen and oxygen atoms in total. The van der Waals surface area contributed by atoms with Gasteiger partial charge in [0, 0.05) is 44.1 Å². The lowest BCUT2D eigenvalue weighted by molar-refractivity contribution is -0.384. The van der Waals surface area contributed by atoms with Crippen LogP contribution >= 0.6 is 0 Å². The average Bonchev–Trinajstić information content (AvgIpc) is 3.18. The van der Waals surface area contributed by atoms with Crippen molar-refractivity contribution >= 4 is 38.7 Å². The highest BCUT2D eigenvalue weighted by Gasteiger charge is 2.35. The summed E-state index contributed by atoms with van der Waals surface area (Å²) in [6.45, 7) is 2.77. The Morgan fingerprint density at radius 2 is 1.88 bits per heavy atom. The second kappa shape index (κ2) is 10.6. The molecule has 0 spiro atoms. The van der Waals surface area contributed by atoms with Gasteiger partial charge in [-0.05, 0) is 36.2 Å². The predicted octanol–water partition coefficient (Wildman–Crippen LogP) is 2.53. The van der Waals surface area contributed by atoms with E-state index in [0.717, 1.165) is 30.9 Å². The Morgan fingerprint density at radius 3 is 2.50 bits per heavy atom. The molecular weight excluding hydrogens is 460 g/mol. The Labute approximate surface area is 198 Å². The molecule has 3 rings (SSSR count). The molecule has 0 bridgehead atoms. The number of carbonyl (C=O) groups excluding carboxylic acids is 2. The van der Waals surface area contributed by atoms with Crippen LogP contribution in [0, 0.1) is 16.0 Å². The fourth-order valence-electron chi connectivity index (χ4n) is 3.83. The second-order valence-corrected chi connectivity index (χ2v) is 10.3. The molecule has 1 unspecified atom stereocenters. The normalized spacial score (nSPS) is 15.9. The van der Waals surface area contributed by atoms with Gasteiger partial charge in [-0.2, -0.15) is 0 Å². The number of sulfone groups is 1. The molecule has 1 aliphatic rings. The van der Waals surface area contributed by atoms with Crippen molar-refractivity contribution in [1.29, 1.82) is 0 Å². The number of carbonyl (C=O) groups is 2. The number of nitro groups is 1. The molecule has 11 heteroatoms. The maximum atomic E-state index is 12.6. The van der Waals surface area contributed by atoms with Crippen molar-refractivity contribution in [2.75, 3.05) is 36.1 Å². The van der Waals surface area contributed by atoms with Crippen LogP contribution in [0.25, 0.3) is 0 Å². The fraction of sp³-hybridized carbons (Fsp3) is 0.391. The minimum atomic E-state index is -3.58. The standard InChI is InChI=1S/C23H28N4O6S/c1-3-4-16-5-7-18(8-6-16)26-15-17(13-22(26)28)23(29)25-12-11-24-20-10-9-19(34(2,32)33)14-21(20)27(30)31/h5-10,14,17,24H,3-4,11-13,15H2,1-2H3,(H,25,29). The first-order valence-corrected chi connectivity index (χ1v) is 12.9. The summed E-state index contributed by atoms with van der Waals surface area (Å²) in [6.07, 6.45) is 3.11. The van der Waals surface area contributed by atoms with Gasteiger partial charge in [0.25, 0.3) is 5.69 Å². The minimum absolute atomic E-state index is 0.108. The Morgan fingerprint density at radius 1 is 1.18 bits per heavy atom. The van der Waals surface area contributed by atoms with Crippen LogP contribution < -0.4 is 15.5 Å². The summed E-state index contributed by atoms with van der Waals surface area (Å²) in [5.74, 6) is -0.850. The van der Waals surface area contributed by atoms with E-state index in [1.165, 1.54) is 17.7 Å². The highest BCUT2D eigenvalue weighted by Crippen LogP contribution is 2.28. The number of hydrogen-bond donors (Lipinski definition) is 2. The molecule has 1 heterocycles. The minimum Gasteiger partial charge on any atom is -0.378 e. The van der Waals surface area contributed by atoms with Crippen molar-refractivity contribution in [2.24, 2.45) is 5.92 Å². The highest BCUT2D eigenvalue weighted by atomic mass is 32.2. The molecule has 0 radical (unpaired) electrons. The maximum absolute atomic E-state index is 12.6. The topological polar surface area (TPSA) is 139 Å². The number of nitrogens with one attached hydrogen (secondary N) is 2. The average molecular weight is 489 g/mol. The van der Waals surface area contributed by atoms with E-state index in [1.807, 2.05) is 24.3 Å².